The van der Waals surface area contributed by atoms with Gasteiger partial charge in [0.25, 0.3) is 0 Å². The van der Waals surface area contributed by atoms with Crippen molar-refractivity contribution in [1.29, 1.82) is 0 Å². The van der Waals surface area contributed by atoms with E-state index in [1.54, 1.807) is 7.11 Å². The Morgan fingerprint density at radius 3 is 2.71 bits per heavy atom. The van der Waals surface area contributed by atoms with Gasteiger partial charge in [-0.25, -0.2) is 0 Å². The third-order valence-electron chi connectivity index (χ3n) is 4.53. The normalized spacial score (nSPS) is 19.4. The molecule has 0 aliphatic carbocycles. The summed E-state index contributed by atoms with van der Waals surface area (Å²) in [5.74, 6) is 2.42. The summed E-state index contributed by atoms with van der Waals surface area (Å²) in [6.45, 7) is 6.77. The summed E-state index contributed by atoms with van der Waals surface area (Å²) in [5.41, 5.74) is 7.96. The molecule has 4 heteroatoms. The SMILES string of the molecule is COc1ccc(C(N)=S)c(N2CCCC(C(C)C)CC2)c1. The van der Waals surface area contributed by atoms with Gasteiger partial charge in [-0.15, -0.1) is 0 Å². The molecule has 1 aliphatic heterocycles. The van der Waals surface area contributed by atoms with Crippen molar-refractivity contribution in [2.45, 2.75) is 33.1 Å². The van der Waals surface area contributed by atoms with Crippen molar-refractivity contribution in [3.8, 4) is 5.75 Å². The van der Waals surface area contributed by atoms with Crippen molar-refractivity contribution in [3.63, 3.8) is 0 Å². The summed E-state index contributed by atoms with van der Waals surface area (Å²) in [6, 6.07) is 5.96. The van der Waals surface area contributed by atoms with Gasteiger partial charge in [0.2, 0.25) is 0 Å². The molecule has 0 bridgehead atoms. The highest BCUT2D eigenvalue weighted by molar-refractivity contribution is 7.80. The average molecular weight is 306 g/mol. The molecule has 0 radical (unpaired) electrons. The standard InChI is InChI=1S/C17H26N2OS/c1-12(2)13-5-4-9-19(10-8-13)16-11-14(20-3)6-7-15(16)17(18)21/h6-7,11-13H,4-5,8-10H2,1-3H3,(H2,18,21). The van der Waals surface area contributed by atoms with Crippen LogP contribution in [0, 0.1) is 11.8 Å². The number of benzene rings is 1. The number of thiocarbonyl (C=S) groups is 1. The van der Waals surface area contributed by atoms with E-state index < -0.39 is 0 Å². The lowest BCUT2D eigenvalue weighted by molar-refractivity contribution is 0.351. The van der Waals surface area contributed by atoms with Crippen molar-refractivity contribution in [3.05, 3.63) is 23.8 Å². The number of ether oxygens (including phenoxy) is 1. The second-order valence-electron chi connectivity index (χ2n) is 6.17. The molecule has 2 N–H and O–H groups in total. The summed E-state index contributed by atoms with van der Waals surface area (Å²) >= 11 is 5.21. The Morgan fingerprint density at radius 1 is 1.33 bits per heavy atom. The van der Waals surface area contributed by atoms with Crippen LogP contribution < -0.4 is 15.4 Å². The fourth-order valence-corrected chi connectivity index (χ4v) is 3.31. The molecule has 1 atom stereocenters. The lowest BCUT2D eigenvalue weighted by Crippen LogP contribution is -2.27. The van der Waals surface area contributed by atoms with Gasteiger partial charge >= 0.3 is 0 Å². The summed E-state index contributed by atoms with van der Waals surface area (Å²) in [6.07, 6.45) is 3.75. The fourth-order valence-electron chi connectivity index (χ4n) is 3.14. The molecule has 1 fully saturated rings. The zero-order chi connectivity index (χ0) is 15.4. The highest BCUT2D eigenvalue weighted by Crippen LogP contribution is 2.31. The van der Waals surface area contributed by atoms with E-state index in [1.165, 1.54) is 19.3 Å². The van der Waals surface area contributed by atoms with Crippen LogP contribution in [0.2, 0.25) is 0 Å². The van der Waals surface area contributed by atoms with Crippen LogP contribution in [0.5, 0.6) is 5.75 Å². The van der Waals surface area contributed by atoms with Crippen molar-refractivity contribution in [1.82, 2.24) is 0 Å². The van der Waals surface area contributed by atoms with Gasteiger partial charge in [-0.2, -0.15) is 0 Å². The van der Waals surface area contributed by atoms with E-state index in [4.69, 9.17) is 22.7 Å². The van der Waals surface area contributed by atoms with Crippen molar-refractivity contribution >= 4 is 22.9 Å². The van der Waals surface area contributed by atoms with Crippen LogP contribution in [-0.2, 0) is 0 Å². The maximum atomic E-state index is 5.89. The molecule has 0 amide bonds. The second-order valence-corrected chi connectivity index (χ2v) is 6.61. The van der Waals surface area contributed by atoms with Gasteiger partial charge in [-0.3, -0.25) is 0 Å². The molecule has 1 unspecified atom stereocenters. The third kappa shape index (κ3) is 3.88. The Hall–Kier alpha value is -1.29. The van der Waals surface area contributed by atoms with Gasteiger partial charge < -0.3 is 15.4 Å². The largest absolute Gasteiger partial charge is 0.497 e. The summed E-state index contributed by atoms with van der Waals surface area (Å²) in [7, 11) is 1.69. The van der Waals surface area contributed by atoms with Crippen LogP contribution >= 0.6 is 12.2 Å². The fraction of sp³-hybridized carbons (Fsp3) is 0.588. The quantitative estimate of drug-likeness (QED) is 0.863. The molecule has 2 rings (SSSR count). The lowest BCUT2D eigenvalue weighted by atomic mass is 9.89. The minimum absolute atomic E-state index is 0.456. The number of hydrogen-bond acceptors (Lipinski definition) is 3. The summed E-state index contributed by atoms with van der Waals surface area (Å²) in [4.78, 5) is 2.87. The molecule has 1 aromatic carbocycles. The first-order valence-corrected chi connectivity index (χ1v) is 8.16. The minimum atomic E-state index is 0.456. The molecule has 0 aromatic heterocycles. The Bertz CT molecular complexity index is 502. The van der Waals surface area contributed by atoms with E-state index >= 15 is 0 Å². The van der Waals surface area contributed by atoms with Gasteiger partial charge in [0, 0.05) is 24.7 Å². The molecule has 1 aromatic rings. The summed E-state index contributed by atoms with van der Waals surface area (Å²) in [5, 5.41) is 0. The van der Waals surface area contributed by atoms with E-state index in [-0.39, 0.29) is 0 Å². The third-order valence-corrected chi connectivity index (χ3v) is 4.75. The predicted molar refractivity (Wildman–Crippen MR) is 93.3 cm³/mol. The van der Waals surface area contributed by atoms with Crippen molar-refractivity contribution in [2.24, 2.45) is 17.6 Å². The Kier molecular flexibility index (Phi) is 5.45. The number of hydrogen-bond donors (Lipinski definition) is 1. The molecule has 116 valence electrons. The molecule has 0 spiro atoms. The molecular weight excluding hydrogens is 280 g/mol. The van der Waals surface area contributed by atoms with E-state index in [9.17, 15) is 0 Å². The maximum Gasteiger partial charge on any atom is 0.120 e. The lowest BCUT2D eigenvalue weighted by Gasteiger charge is -2.26. The van der Waals surface area contributed by atoms with Gasteiger partial charge in [-0.05, 0) is 43.2 Å². The molecule has 0 saturated carbocycles. The summed E-state index contributed by atoms with van der Waals surface area (Å²) < 4.78 is 5.36. The number of nitrogens with zero attached hydrogens (tertiary/aromatic N) is 1. The van der Waals surface area contributed by atoms with E-state index in [2.05, 4.69) is 24.8 Å². The topological polar surface area (TPSA) is 38.5 Å². The van der Waals surface area contributed by atoms with E-state index in [1.807, 2.05) is 12.1 Å². The smallest absolute Gasteiger partial charge is 0.120 e. The maximum absolute atomic E-state index is 5.89. The molecule has 3 nitrogen and oxygen atoms in total. The van der Waals surface area contributed by atoms with Crippen LogP contribution in [0.3, 0.4) is 0 Å². The number of rotatable bonds is 4. The van der Waals surface area contributed by atoms with Crippen LogP contribution in [0.4, 0.5) is 5.69 Å². The molecule has 1 heterocycles. The highest BCUT2D eigenvalue weighted by atomic mass is 32.1. The van der Waals surface area contributed by atoms with E-state index in [0.29, 0.717) is 4.99 Å². The van der Waals surface area contributed by atoms with Crippen molar-refractivity contribution in [2.75, 3.05) is 25.1 Å². The predicted octanol–water partition coefficient (Wildman–Crippen LogP) is 3.59. The van der Waals surface area contributed by atoms with E-state index in [0.717, 1.165) is 41.9 Å². The monoisotopic (exact) mass is 306 g/mol. The molecular formula is C17H26N2OS. The first-order chi connectivity index (χ1) is 10.0. The zero-order valence-electron chi connectivity index (χ0n) is 13.3. The van der Waals surface area contributed by atoms with Gasteiger partial charge in [0.05, 0.1) is 12.8 Å². The number of anilines is 1. The van der Waals surface area contributed by atoms with Gasteiger partial charge in [0.15, 0.2) is 0 Å². The Balaban J connectivity index is 2.25. The first-order valence-electron chi connectivity index (χ1n) is 7.75. The van der Waals surface area contributed by atoms with Crippen molar-refractivity contribution < 1.29 is 4.74 Å². The average Bonchev–Trinajstić information content (AvgIpc) is 2.72. The minimum Gasteiger partial charge on any atom is -0.497 e. The number of nitrogens with two attached hydrogens (primary N) is 1. The van der Waals surface area contributed by atoms with Crippen LogP contribution in [0.15, 0.2) is 18.2 Å². The molecule has 1 saturated heterocycles. The Morgan fingerprint density at radius 2 is 2.10 bits per heavy atom. The Labute approximate surface area is 133 Å². The van der Waals surface area contributed by atoms with Crippen LogP contribution in [0.25, 0.3) is 0 Å². The van der Waals surface area contributed by atoms with Gasteiger partial charge in [0.1, 0.15) is 10.7 Å². The highest BCUT2D eigenvalue weighted by Gasteiger charge is 2.21. The van der Waals surface area contributed by atoms with Crippen LogP contribution in [0.1, 0.15) is 38.7 Å². The van der Waals surface area contributed by atoms with Crippen LogP contribution in [-0.4, -0.2) is 25.2 Å². The zero-order valence-corrected chi connectivity index (χ0v) is 14.1. The molecule has 1 aliphatic rings. The molecule has 21 heavy (non-hydrogen) atoms. The second kappa shape index (κ2) is 7.12. The van der Waals surface area contributed by atoms with Gasteiger partial charge in [-0.1, -0.05) is 26.1 Å². The number of methoxy groups -OCH3 is 1. The first kappa shape index (κ1) is 16.1.